The molecule has 0 aliphatic heterocycles. The zero-order valence-electron chi connectivity index (χ0n) is 11.5. The topological polar surface area (TPSA) is 62.5 Å². The van der Waals surface area contributed by atoms with Crippen LogP contribution in [0.15, 0.2) is 18.2 Å². The Labute approximate surface area is 111 Å². The summed E-state index contributed by atoms with van der Waals surface area (Å²) >= 11 is 0. The summed E-state index contributed by atoms with van der Waals surface area (Å²) in [5.41, 5.74) is 5.29. The number of nitrogens with zero attached hydrogens (tertiary/aromatic N) is 1. The van der Waals surface area contributed by atoms with Gasteiger partial charge in [0.15, 0.2) is 0 Å². The number of carboxylic acids is 1. The van der Waals surface area contributed by atoms with E-state index in [2.05, 4.69) is 13.8 Å². The fraction of sp³-hybridized carbons (Fsp3) is 0.267. The number of hydrogen-bond acceptors (Lipinski definition) is 2. The van der Waals surface area contributed by atoms with Gasteiger partial charge in [0.2, 0.25) is 0 Å². The Morgan fingerprint density at radius 3 is 2.00 bits per heavy atom. The molecule has 1 aromatic carbocycles. The smallest absolute Gasteiger partial charge is 0.339 e. The summed E-state index contributed by atoms with van der Waals surface area (Å²) in [5, 5.41) is 18.7. The number of hydrogen-bond donors (Lipinski definition) is 2. The highest BCUT2D eigenvalue weighted by molar-refractivity contribution is 5.91. The molecule has 0 fully saturated rings. The van der Waals surface area contributed by atoms with Crippen LogP contribution in [0.25, 0.3) is 5.69 Å². The maximum absolute atomic E-state index is 10.9. The Hall–Kier alpha value is -2.23. The lowest BCUT2D eigenvalue weighted by Crippen LogP contribution is -2.02. The fourth-order valence-corrected chi connectivity index (χ4v) is 2.36. The Kier molecular flexibility index (Phi) is 3.10. The van der Waals surface area contributed by atoms with Gasteiger partial charge in [-0.05, 0) is 51.0 Å². The van der Waals surface area contributed by atoms with Crippen molar-refractivity contribution in [2.45, 2.75) is 27.7 Å². The van der Waals surface area contributed by atoms with Gasteiger partial charge in [0.1, 0.15) is 11.3 Å². The van der Waals surface area contributed by atoms with Crippen LogP contribution in [0.3, 0.4) is 0 Å². The van der Waals surface area contributed by atoms with Crippen molar-refractivity contribution < 1.29 is 15.0 Å². The summed E-state index contributed by atoms with van der Waals surface area (Å²) < 4.78 is 2.02. The average Bonchev–Trinajstić information content (AvgIpc) is 2.53. The monoisotopic (exact) mass is 259 g/mol. The zero-order chi connectivity index (χ0) is 14.3. The largest absolute Gasteiger partial charge is 0.507 e. The van der Waals surface area contributed by atoms with Crippen LogP contribution in [-0.2, 0) is 0 Å². The molecule has 1 heterocycles. The molecule has 4 nitrogen and oxygen atoms in total. The number of aromatic nitrogens is 1. The molecule has 0 saturated heterocycles. The second-order valence-corrected chi connectivity index (χ2v) is 4.76. The first kappa shape index (κ1) is 13.2. The molecule has 4 heteroatoms. The van der Waals surface area contributed by atoms with E-state index in [0.29, 0.717) is 0 Å². The van der Waals surface area contributed by atoms with Crippen molar-refractivity contribution in [3.8, 4) is 11.4 Å². The molecule has 0 radical (unpaired) electrons. The van der Waals surface area contributed by atoms with Gasteiger partial charge in [-0.15, -0.1) is 0 Å². The summed E-state index contributed by atoms with van der Waals surface area (Å²) in [5.74, 6) is -1.34. The standard InChI is InChI=1S/C15H17NO3/c1-8-9(2)11(4)16(10(8)3)12-5-6-13(15(18)19)14(17)7-12/h5-7,17H,1-4H3,(H,18,19). The van der Waals surface area contributed by atoms with Gasteiger partial charge in [0, 0.05) is 23.1 Å². The predicted molar refractivity (Wildman–Crippen MR) is 73.3 cm³/mol. The Morgan fingerprint density at radius 1 is 1.05 bits per heavy atom. The fourth-order valence-electron chi connectivity index (χ4n) is 2.36. The van der Waals surface area contributed by atoms with Crippen molar-refractivity contribution in [2.75, 3.05) is 0 Å². The number of carboxylic acid groups (broad SMARTS) is 1. The van der Waals surface area contributed by atoms with Crippen molar-refractivity contribution >= 4 is 5.97 Å². The van der Waals surface area contributed by atoms with Crippen molar-refractivity contribution in [2.24, 2.45) is 0 Å². The van der Waals surface area contributed by atoms with E-state index < -0.39 is 5.97 Å². The number of benzene rings is 1. The molecular formula is C15H17NO3. The van der Waals surface area contributed by atoms with E-state index in [1.807, 2.05) is 18.4 Å². The number of rotatable bonds is 2. The maximum Gasteiger partial charge on any atom is 0.339 e. The lowest BCUT2D eigenvalue weighted by atomic mass is 10.1. The third kappa shape index (κ3) is 1.99. The molecule has 1 aromatic heterocycles. The van der Waals surface area contributed by atoms with Crippen LogP contribution in [-0.4, -0.2) is 20.7 Å². The molecule has 2 N–H and O–H groups in total. The maximum atomic E-state index is 10.9. The molecule has 2 rings (SSSR count). The molecule has 0 spiro atoms. The van der Waals surface area contributed by atoms with E-state index in [4.69, 9.17) is 5.11 Å². The number of phenols is 1. The quantitative estimate of drug-likeness (QED) is 0.871. The van der Waals surface area contributed by atoms with Crippen LogP contribution in [0, 0.1) is 27.7 Å². The van der Waals surface area contributed by atoms with Gasteiger partial charge in [-0.3, -0.25) is 0 Å². The highest BCUT2D eigenvalue weighted by Gasteiger charge is 2.15. The zero-order valence-corrected chi connectivity index (χ0v) is 11.5. The van der Waals surface area contributed by atoms with E-state index in [-0.39, 0.29) is 11.3 Å². The minimum absolute atomic E-state index is 0.0837. The molecule has 0 aliphatic rings. The van der Waals surface area contributed by atoms with Crippen molar-refractivity contribution in [1.29, 1.82) is 0 Å². The summed E-state index contributed by atoms with van der Waals surface area (Å²) in [6.45, 7) is 8.13. The third-order valence-corrected chi connectivity index (χ3v) is 3.79. The first-order valence-corrected chi connectivity index (χ1v) is 6.06. The SMILES string of the molecule is Cc1c(C)c(C)n(-c2ccc(C(=O)O)c(O)c2)c1C. The predicted octanol–water partition coefficient (Wildman–Crippen LogP) is 3.11. The Bertz CT molecular complexity index is 643. The second-order valence-electron chi connectivity index (χ2n) is 4.76. The third-order valence-electron chi connectivity index (χ3n) is 3.79. The van der Waals surface area contributed by atoms with E-state index >= 15 is 0 Å². The van der Waals surface area contributed by atoms with E-state index in [0.717, 1.165) is 17.1 Å². The molecule has 0 bridgehead atoms. The molecule has 0 amide bonds. The van der Waals surface area contributed by atoms with Gasteiger partial charge in [0.05, 0.1) is 0 Å². The average molecular weight is 259 g/mol. The Balaban J connectivity index is 2.64. The number of aromatic carboxylic acids is 1. The molecular weight excluding hydrogens is 242 g/mol. The molecule has 2 aromatic rings. The van der Waals surface area contributed by atoms with E-state index in [1.54, 1.807) is 6.07 Å². The van der Waals surface area contributed by atoms with Gasteiger partial charge in [-0.25, -0.2) is 4.79 Å². The van der Waals surface area contributed by atoms with Gasteiger partial charge in [-0.2, -0.15) is 0 Å². The van der Waals surface area contributed by atoms with Crippen LogP contribution in [0.4, 0.5) is 0 Å². The van der Waals surface area contributed by atoms with Crippen LogP contribution in [0.5, 0.6) is 5.75 Å². The van der Waals surface area contributed by atoms with E-state index in [9.17, 15) is 9.90 Å². The normalized spacial score (nSPS) is 10.7. The van der Waals surface area contributed by atoms with Crippen LogP contribution in [0.1, 0.15) is 32.9 Å². The van der Waals surface area contributed by atoms with E-state index in [1.165, 1.54) is 23.3 Å². The second kappa shape index (κ2) is 4.46. The molecule has 0 saturated carbocycles. The van der Waals surface area contributed by atoms with Gasteiger partial charge >= 0.3 is 5.97 Å². The number of aromatic hydroxyl groups is 1. The molecule has 100 valence electrons. The van der Waals surface area contributed by atoms with Crippen molar-refractivity contribution in [1.82, 2.24) is 4.57 Å². The molecule has 0 atom stereocenters. The van der Waals surface area contributed by atoms with Crippen molar-refractivity contribution in [3.05, 3.63) is 46.3 Å². The van der Waals surface area contributed by atoms with Gasteiger partial charge in [-0.1, -0.05) is 0 Å². The van der Waals surface area contributed by atoms with Gasteiger partial charge in [0.25, 0.3) is 0 Å². The summed E-state index contributed by atoms with van der Waals surface area (Å²) in [6.07, 6.45) is 0. The highest BCUT2D eigenvalue weighted by Crippen LogP contribution is 2.28. The van der Waals surface area contributed by atoms with Gasteiger partial charge < -0.3 is 14.8 Å². The highest BCUT2D eigenvalue weighted by atomic mass is 16.4. The van der Waals surface area contributed by atoms with Crippen LogP contribution < -0.4 is 0 Å². The van der Waals surface area contributed by atoms with Crippen molar-refractivity contribution in [3.63, 3.8) is 0 Å². The number of carbonyl (C=O) groups is 1. The lowest BCUT2D eigenvalue weighted by molar-refractivity contribution is 0.0694. The minimum Gasteiger partial charge on any atom is -0.507 e. The van der Waals surface area contributed by atoms with Crippen LogP contribution in [0.2, 0.25) is 0 Å². The minimum atomic E-state index is -1.13. The molecule has 19 heavy (non-hydrogen) atoms. The summed E-state index contributed by atoms with van der Waals surface area (Å²) in [7, 11) is 0. The first-order valence-electron chi connectivity index (χ1n) is 6.06. The lowest BCUT2D eigenvalue weighted by Gasteiger charge is -2.11. The summed E-state index contributed by atoms with van der Waals surface area (Å²) in [6, 6.07) is 4.63. The molecule has 0 aliphatic carbocycles. The van der Waals surface area contributed by atoms with Crippen LogP contribution >= 0.6 is 0 Å². The Morgan fingerprint density at radius 2 is 1.58 bits per heavy atom. The first-order chi connectivity index (χ1) is 8.84. The summed E-state index contributed by atoms with van der Waals surface area (Å²) in [4.78, 5) is 10.9. The molecule has 0 unspecified atom stereocenters.